The van der Waals surface area contributed by atoms with Crippen LogP contribution in [0.5, 0.6) is 0 Å². The number of aromatic nitrogens is 2. The van der Waals surface area contributed by atoms with Crippen molar-refractivity contribution in [2.45, 2.75) is 13.0 Å². The molecule has 5 rings (SSSR count). The lowest BCUT2D eigenvalue weighted by molar-refractivity contribution is 0.184. The third-order valence-electron chi connectivity index (χ3n) is 6.14. The van der Waals surface area contributed by atoms with Crippen LogP contribution in [0.3, 0.4) is 0 Å². The van der Waals surface area contributed by atoms with Crippen LogP contribution in [-0.4, -0.2) is 46.8 Å². The van der Waals surface area contributed by atoms with E-state index in [2.05, 4.69) is 20.4 Å². The minimum Gasteiger partial charge on any atom is -0.351 e. The highest BCUT2D eigenvalue weighted by atomic mass is 35.5. The Morgan fingerprint density at radius 1 is 1.00 bits per heavy atom. The van der Waals surface area contributed by atoms with E-state index in [-0.39, 0.29) is 35.3 Å². The third-order valence-corrected chi connectivity index (χ3v) is 6.43. The molecule has 3 aromatic carbocycles. The van der Waals surface area contributed by atoms with E-state index in [1.165, 1.54) is 30.3 Å². The standard InChI is InChI=1S/C26H22ClF2N5O.ClH/c1-16-15-33(12-13-34(16)26(35)30-19-10-11-23(29)22(27)14-19)25-21-5-3-2-4-20(21)24(31-32-25)17-6-8-18(28)9-7-17;/h2-11,14,16H,12-13,15H2,1H3,(H,30,35);1H. The molecule has 1 N–H and O–H groups in total. The van der Waals surface area contributed by atoms with Crippen LogP contribution in [0.25, 0.3) is 22.0 Å². The van der Waals surface area contributed by atoms with Crippen LogP contribution in [0.15, 0.2) is 66.7 Å². The molecule has 0 aliphatic carbocycles. The Kier molecular flexibility index (Phi) is 7.56. The highest BCUT2D eigenvalue weighted by Crippen LogP contribution is 2.32. The van der Waals surface area contributed by atoms with Crippen molar-refractivity contribution in [3.63, 3.8) is 0 Å². The molecule has 1 fully saturated rings. The second kappa shape index (κ2) is 10.6. The van der Waals surface area contributed by atoms with Crippen LogP contribution in [0.4, 0.5) is 25.1 Å². The van der Waals surface area contributed by atoms with E-state index in [1.54, 1.807) is 17.0 Å². The summed E-state index contributed by atoms with van der Waals surface area (Å²) in [7, 11) is 0. The summed E-state index contributed by atoms with van der Waals surface area (Å²) >= 11 is 5.83. The van der Waals surface area contributed by atoms with Crippen LogP contribution >= 0.6 is 24.0 Å². The maximum absolute atomic E-state index is 13.4. The number of hydrogen-bond donors (Lipinski definition) is 1. The number of carbonyl (C=O) groups excluding carboxylic acids is 1. The quantitative estimate of drug-likeness (QED) is 0.334. The summed E-state index contributed by atoms with van der Waals surface area (Å²) in [5.74, 6) is -0.102. The highest BCUT2D eigenvalue weighted by Gasteiger charge is 2.29. The number of halogens is 4. The number of fused-ring (bicyclic) bond motifs is 1. The van der Waals surface area contributed by atoms with E-state index in [4.69, 9.17) is 11.6 Å². The number of amides is 2. The summed E-state index contributed by atoms with van der Waals surface area (Å²) in [5.41, 5.74) is 1.91. The van der Waals surface area contributed by atoms with E-state index in [0.29, 0.717) is 31.0 Å². The Labute approximate surface area is 218 Å². The Hall–Kier alpha value is -3.49. The summed E-state index contributed by atoms with van der Waals surface area (Å²) in [5, 5.41) is 13.6. The van der Waals surface area contributed by atoms with Gasteiger partial charge >= 0.3 is 6.03 Å². The molecular weight excluding hydrogens is 507 g/mol. The maximum atomic E-state index is 13.4. The molecule has 36 heavy (non-hydrogen) atoms. The number of rotatable bonds is 3. The monoisotopic (exact) mass is 529 g/mol. The van der Waals surface area contributed by atoms with Crippen molar-refractivity contribution in [2.75, 3.05) is 29.9 Å². The van der Waals surface area contributed by atoms with E-state index in [1.807, 2.05) is 31.2 Å². The Balaban J connectivity index is 0.00000304. The molecule has 1 saturated heterocycles. The van der Waals surface area contributed by atoms with Gasteiger partial charge in [0.05, 0.1) is 5.02 Å². The van der Waals surface area contributed by atoms with E-state index >= 15 is 0 Å². The molecule has 1 aliphatic rings. The van der Waals surface area contributed by atoms with Crippen molar-refractivity contribution in [3.05, 3.63) is 83.4 Å². The van der Waals surface area contributed by atoms with Gasteiger partial charge in [0.15, 0.2) is 5.82 Å². The first-order chi connectivity index (χ1) is 16.9. The maximum Gasteiger partial charge on any atom is 0.322 e. The second-order valence-corrected chi connectivity index (χ2v) is 8.88. The highest BCUT2D eigenvalue weighted by molar-refractivity contribution is 6.31. The smallest absolute Gasteiger partial charge is 0.322 e. The average Bonchev–Trinajstić information content (AvgIpc) is 2.86. The summed E-state index contributed by atoms with van der Waals surface area (Å²) in [6, 6.07) is 17.8. The SMILES string of the molecule is CC1CN(c2nnc(-c3ccc(F)cc3)c3ccccc23)CCN1C(=O)Nc1ccc(F)c(Cl)c1.Cl. The molecular formula is C26H23Cl2F2N5O. The molecule has 1 aliphatic heterocycles. The van der Waals surface area contributed by atoms with Gasteiger partial charge in [0, 0.05) is 47.7 Å². The van der Waals surface area contributed by atoms with Crippen molar-refractivity contribution in [2.24, 2.45) is 0 Å². The van der Waals surface area contributed by atoms with Crippen molar-refractivity contribution >= 4 is 52.3 Å². The fraction of sp³-hybridized carbons (Fsp3) is 0.192. The Bertz CT molecular complexity index is 1400. The molecule has 10 heteroatoms. The molecule has 0 saturated carbocycles. The fourth-order valence-electron chi connectivity index (χ4n) is 4.37. The zero-order valence-electron chi connectivity index (χ0n) is 19.3. The minimum atomic E-state index is -0.537. The van der Waals surface area contributed by atoms with Crippen LogP contribution in [0, 0.1) is 11.6 Å². The van der Waals surface area contributed by atoms with Crippen molar-refractivity contribution in [1.82, 2.24) is 15.1 Å². The first kappa shape index (κ1) is 25.6. The van der Waals surface area contributed by atoms with Gasteiger partial charge in [0.1, 0.15) is 17.3 Å². The number of anilines is 2. The predicted octanol–water partition coefficient (Wildman–Crippen LogP) is 6.39. The van der Waals surface area contributed by atoms with Crippen molar-refractivity contribution in [3.8, 4) is 11.3 Å². The van der Waals surface area contributed by atoms with Crippen LogP contribution in [0.2, 0.25) is 5.02 Å². The number of nitrogens with one attached hydrogen (secondary N) is 1. The summed E-state index contributed by atoms with van der Waals surface area (Å²) in [6.45, 7) is 3.56. The lowest BCUT2D eigenvalue weighted by atomic mass is 10.0. The van der Waals surface area contributed by atoms with Crippen molar-refractivity contribution in [1.29, 1.82) is 0 Å². The van der Waals surface area contributed by atoms with Crippen LogP contribution < -0.4 is 10.2 Å². The summed E-state index contributed by atoms with van der Waals surface area (Å²) in [4.78, 5) is 16.7. The molecule has 6 nitrogen and oxygen atoms in total. The average molecular weight is 530 g/mol. The number of benzene rings is 3. The second-order valence-electron chi connectivity index (χ2n) is 8.47. The summed E-state index contributed by atoms with van der Waals surface area (Å²) in [6.07, 6.45) is 0. The molecule has 1 unspecified atom stereocenters. The number of hydrogen-bond acceptors (Lipinski definition) is 4. The van der Waals surface area contributed by atoms with Crippen LogP contribution in [-0.2, 0) is 0 Å². The van der Waals surface area contributed by atoms with Crippen LogP contribution in [0.1, 0.15) is 6.92 Å². The van der Waals surface area contributed by atoms with Gasteiger partial charge in [-0.15, -0.1) is 22.6 Å². The Morgan fingerprint density at radius 3 is 2.42 bits per heavy atom. The largest absolute Gasteiger partial charge is 0.351 e. The normalized spacial score (nSPS) is 15.5. The zero-order valence-corrected chi connectivity index (χ0v) is 20.9. The van der Waals surface area contributed by atoms with Gasteiger partial charge in [0.2, 0.25) is 0 Å². The lowest BCUT2D eigenvalue weighted by Crippen LogP contribution is -2.55. The fourth-order valence-corrected chi connectivity index (χ4v) is 4.55. The molecule has 4 aromatic rings. The van der Waals surface area contributed by atoms with E-state index in [9.17, 15) is 13.6 Å². The van der Waals surface area contributed by atoms with Gasteiger partial charge < -0.3 is 15.1 Å². The van der Waals surface area contributed by atoms with Gasteiger partial charge in [-0.05, 0) is 49.4 Å². The van der Waals surface area contributed by atoms with Crippen molar-refractivity contribution < 1.29 is 13.6 Å². The number of nitrogens with zero attached hydrogens (tertiary/aromatic N) is 4. The molecule has 1 atom stereocenters. The molecule has 0 radical (unpaired) electrons. The summed E-state index contributed by atoms with van der Waals surface area (Å²) < 4.78 is 26.8. The molecule has 2 heterocycles. The topological polar surface area (TPSA) is 61.4 Å². The predicted molar refractivity (Wildman–Crippen MR) is 141 cm³/mol. The number of urea groups is 1. The molecule has 1 aromatic heterocycles. The minimum absolute atomic E-state index is 0. The first-order valence-corrected chi connectivity index (χ1v) is 11.6. The number of carbonyl (C=O) groups is 1. The van der Waals surface area contributed by atoms with E-state index in [0.717, 1.165) is 22.2 Å². The first-order valence-electron chi connectivity index (χ1n) is 11.2. The van der Waals surface area contributed by atoms with Gasteiger partial charge in [-0.2, -0.15) is 0 Å². The third kappa shape index (κ3) is 5.05. The zero-order chi connectivity index (χ0) is 24.5. The van der Waals surface area contributed by atoms with Gasteiger partial charge in [-0.25, -0.2) is 13.6 Å². The van der Waals surface area contributed by atoms with Gasteiger partial charge in [-0.1, -0.05) is 35.9 Å². The number of piperazine rings is 1. The molecule has 0 bridgehead atoms. The van der Waals surface area contributed by atoms with E-state index < -0.39 is 5.82 Å². The van der Waals surface area contributed by atoms with Gasteiger partial charge in [-0.3, -0.25) is 0 Å². The Morgan fingerprint density at radius 2 is 1.72 bits per heavy atom. The molecule has 0 spiro atoms. The molecule has 2 amide bonds. The van der Waals surface area contributed by atoms with Gasteiger partial charge in [0.25, 0.3) is 0 Å². The lowest BCUT2D eigenvalue weighted by Gasteiger charge is -2.40. The molecule has 186 valence electrons.